The number of anilines is 2. The van der Waals surface area contributed by atoms with Crippen molar-refractivity contribution in [3.63, 3.8) is 0 Å². The number of hydrazone groups is 2. The third-order valence-electron chi connectivity index (χ3n) is 10.9. The number of fused-ring (bicyclic) bond motifs is 4. The lowest BCUT2D eigenvalue weighted by molar-refractivity contribution is 0.398. The van der Waals surface area contributed by atoms with Crippen molar-refractivity contribution in [2.75, 3.05) is 10.9 Å². The summed E-state index contributed by atoms with van der Waals surface area (Å²) in [6.45, 7) is 10.7. The summed E-state index contributed by atoms with van der Waals surface area (Å²) < 4.78 is 0. The Hall–Kier alpha value is -8.14. The zero-order chi connectivity index (χ0) is 44.3. The summed E-state index contributed by atoms with van der Waals surface area (Å²) >= 11 is 0. The number of rotatable bonds is 9. The molecule has 0 saturated heterocycles. The van der Waals surface area contributed by atoms with Gasteiger partial charge >= 0.3 is 0 Å². The molecule has 6 aromatic carbocycles. The number of phenolic OH excluding ortho intramolecular Hbond substituents is 6. The van der Waals surface area contributed by atoms with Crippen molar-refractivity contribution in [1.82, 2.24) is 19.9 Å². The first-order chi connectivity index (χ1) is 29.6. The Morgan fingerprint density at radius 3 is 1.31 bits per heavy atom. The zero-order valence-corrected chi connectivity index (χ0v) is 34.4. The Morgan fingerprint density at radius 1 is 0.565 bits per heavy atom. The van der Waals surface area contributed by atoms with E-state index in [2.05, 4.69) is 41.0 Å². The summed E-state index contributed by atoms with van der Waals surface area (Å²) in [6.07, 6.45) is 2.30. The van der Waals surface area contributed by atoms with E-state index < -0.39 is 34.1 Å². The first-order valence-electron chi connectivity index (χ1n) is 19.6. The van der Waals surface area contributed by atoms with Gasteiger partial charge in [-0.1, -0.05) is 64.1 Å². The van der Waals surface area contributed by atoms with E-state index in [9.17, 15) is 40.2 Å². The van der Waals surface area contributed by atoms with Gasteiger partial charge in [-0.3, -0.25) is 20.4 Å². The number of nitrogens with zero attached hydrogens (tertiary/aromatic N) is 4. The van der Waals surface area contributed by atoms with Gasteiger partial charge in [-0.2, -0.15) is 10.2 Å². The molecule has 62 heavy (non-hydrogen) atoms. The van der Waals surface area contributed by atoms with E-state index in [-0.39, 0.29) is 68.0 Å². The SMILES string of the molecule is Cc1cc2c(C(C)C)c(O)c(O)c(/C=N/Nc3nc4ccccc4[nH]c3=O)c2c(O)c1-c1c(C)cc2c(C(C)C)c(O)c(O)c(/C=N/Nc3nc4ccccc4[nH]c3=O)c2c1O. The van der Waals surface area contributed by atoms with Gasteiger partial charge in [-0.25, -0.2) is 9.97 Å². The highest BCUT2D eigenvalue weighted by atomic mass is 16.3. The molecule has 0 bridgehead atoms. The first kappa shape index (κ1) is 40.6. The Bertz CT molecular complexity index is 3130. The summed E-state index contributed by atoms with van der Waals surface area (Å²) in [5.74, 6) is -3.78. The van der Waals surface area contributed by atoms with Crippen molar-refractivity contribution in [3.8, 4) is 45.6 Å². The van der Waals surface area contributed by atoms with Gasteiger partial charge in [0.05, 0.1) is 45.6 Å². The number of para-hydroxylation sites is 4. The topological polar surface area (TPSA) is 262 Å². The fourth-order valence-electron chi connectivity index (χ4n) is 8.15. The van der Waals surface area contributed by atoms with Crippen LogP contribution < -0.4 is 22.0 Å². The summed E-state index contributed by atoms with van der Waals surface area (Å²) in [7, 11) is 0. The molecule has 0 spiro atoms. The molecule has 0 fully saturated rings. The maximum atomic E-state index is 12.8. The second-order valence-electron chi connectivity index (χ2n) is 15.6. The molecule has 0 aliphatic heterocycles. The predicted molar refractivity (Wildman–Crippen MR) is 242 cm³/mol. The second-order valence-corrected chi connectivity index (χ2v) is 15.6. The minimum absolute atomic E-state index is 0.0740. The number of aromatic hydroxyl groups is 6. The molecule has 8 aromatic rings. The van der Waals surface area contributed by atoms with Crippen molar-refractivity contribution in [2.45, 2.75) is 53.4 Å². The van der Waals surface area contributed by atoms with Crippen molar-refractivity contribution in [2.24, 2.45) is 10.2 Å². The number of hydrogen-bond donors (Lipinski definition) is 10. The number of aryl methyl sites for hydroxylation is 2. The van der Waals surface area contributed by atoms with Crippen molar-refractivity contribution < 1.29 is 30.6 Å². The fourth-order valence-corrected chi connectivity index (χ4v) is 8.15. The van der Waals surface area contributed by atoms with Crippen LogP contribution in [0.15, 0.2) is 80.5 Å². The third kappa shape index (κ3) is 6.67. The van der Waals surface area contributed by atoms with E-state index in [0.717, 1.165) is 12.4 Å². The molecule has 16 heteroatoms. The molecule has 0 radical (unpaired) electrons. The van der Waals surface area contributed by atoms with Crippen LogP contribution in [0.25, 0.3) is 54.7 Å². The summed E-state index contributed by atoms with van der Waals surface area (Å²) in [6, 6.07) is 17.3. The molecule has 16 nitrogen and oxygen atoms in total. The van der Waals surface area contributed by atoms with Crippen LogP contribution in [0.3, 0.4) is 0 Å². The molecule has 0 aliphatic rings. The third-order valence-corrected chi connectivity index (χ3v) is 10.9. The average molecular weight is 835 g/mol. The van der Waals surface area contributed by atoms with Gasteiger partial charge in [-0.15, -0.1) is 0 Å². The van der Waals surface area contributed by atoms with E-state index in [4.69, 9.17) is 0 Å². The maximum absolute atomic E-state index is 12.8. The maximum Gasteiger partial charge on any atom is 0.293 e. The van der Waals surface area contributed by atoms with Crippen molar-refractivity contribution >= 4 is 67.7 Å². The van der Waals surface area contributed by atoms with Crippen LogP contribution in [0.4, 0.5) is 11.6 Å². The highest BCUT2D eigenvalue weighted by Crippen LogP contribution is 2.54. The number of phenols is 6. The standard InChI is InChI=1S/C46H42N8O8/c1-19(2)31-23-15-21(5)33(39(57)35(23)25(37(55)41(31)59)17-47-53-43-45(61)51-29-13-9-7-11-27(29)49-43)34-22(6)16-24-32(20(3)4)42(60)38(56)26(36(24)40(34)58)18-48-54-44-46(62)52-30-14-10-8-12-28(30)50-44/h7-20,55-60H,1-6H3,(H,49,53)(H,50,54)(H,51,61)(H,52,62)/b47-17+,48-18+. The minimum atomic E-state index is -0.593. The van der Waals surface area contributed by atoms with E-state index in [1.165, 1.54) is 0 Å². The van der Waals surface area contributed by atoms with Crippen molar-refractivity contribution in [3.05, 3.63) is 115 Å². The van der Waals surface area contributed by atoms with Crippen LogP contribution in [0.1, 0.15) is 72.9 Å². The number of H-pyrrole nitrogens is 2. The lowest BCUT2D eigenvalue weighted by atomic mass is 9.83. The van der Waals surface area contributed by atoms with Gasteiger partial charge in [-0.05, 0) is 71.8 Å². The molecule has 2 heterocycles. The normalized spacial score (nSPS) is 12.1. The Balaban J connectivity index is 1.33. The number of hydrogen-bond acceptors (Lipinski definition) is 14. The Morgan fingerprint density at radius 2 is 0.935 bits per heavy atom. The summed E-state index contributed by atoms with van der Waals surface area (Å²) in [5.41, 5.74) is 7.81. The van der Waals surface area contributed by atoms with E-state index in [0.29, 0.717) is 55.1 Å². The van der Waals surface area contributed by atoms with Gasteiger partial charge < -0.3 is 40.6 Å². The fraction of sp³-hybridized carbons (Fsp3) is 0.174. The molecule has 2 aromatic heterocycles. The second kappa shape index (κ2) is 15.5. The molecule has 0 saturated carbocycles. The van der Waals surface area contributed by atoms with E-state index >= 15 is 0 Å². The van der Waals surface area contributed by atoms with Gasteiger partial charge in [0, 0.05) is 33.0 Å². The van der Waals surface area contributed by atoms with Gasteiger partial charge in [0.25, 0.3) is 11.1 Å². The number of aromatic nitrogens is 4. The molecule has 0 unspecified atom stereocenters. The smallest absolute Gasteiger partial charge is 0.293 e. The average Bonchev–Trinajstić information content (AvgIpc) is 3.22. The number of aromatic amines is 2. The van der Waals surface area contributed by atoms with Gasteiger partial charge in [0.15, 0.2) is 23.0 Å². The molecule has 0 amide bonds. The minimum Gasteiger partial charge on any atom is -0.507 e. The molecule has 8 rings (SSSR count). The lowest BCUT2D eigenvalue weighted by Crippen LogP contribution is -2.13. The van der Waals surface area contributed by atoms with Crippen LogP contribution in [0.2, 0.25) is 0 Å². The van der Waals surface area contributed by atoms with Crippen LogP contribution in [0.5, 0.6) is 34.5 Å². The highest BCUT2D eigenvalue weighted by molar-refractivity contribution is 6.15. The molecule has 0 aliphatic carbocycles. The molecule has 10 N–H and O–H groups in total. The van der Waals surface area contributed by atoms with Crippen LogP contribution in [0, 0.1) is 13.8 Å². The Kier molecular flexibility index (Phi) is 10.1. The molecular formula is C46H42N8O8. The quantitative estimate of drug-likeness (QED) is 0.0376. The predicted octanol–water partition coefficient (Wildman–Crippen LogP) is 8.12. The Labute approximate surface area is 352 Å². The summed E-state index contributed by atoms with van der Waals surface area (Å²) in [4.78, 5) is 39.7. The first-order valence-corrected chi connectivity index (χ1v) is 19.6. The summed E-state index contributed by atoms with van der Waals surface area (Å²) in [5, 5.41) is 79.9. The molecule has 314 valence electrons. The number of nitrogens with one attached hydrogen (secondary N) is 4. The van der Waals surface area contributed by atoms with Crippen LogP contribution >= 0.6 is 0 Å². The van der Waals surface area contributed by atoms with Gasteiger partial charge in [0.2, 0.25) is 11.6 Å². The molecular weight excluding hydrogens is 793 g/mol. The van der Waals surface area contributed by atoms with Gasteiger partial charge in [0.1, 0.15) is 11.5 Å². The number of benzene rings is 6. The zero-order valence-electron chi connectivity index (χ0n) is 34.4. The van der Waals surface area contributed by atoms with Crippen LogP contribution in [-0.2, 0) is 0 Å². The van der Waals surface area contributed by atoms with E-state index in [1.807, 2.05) is 27.7 Å². The lowest BCUT2D eigenvalue weighted by Gasteiger charge is -2.23. The monoisotopic (exact) mass is 834 g/mol. The van der Waals surface area contributed by atoms with Crippen molar-refractivity contribution in [1.29, 1.82) is 0 Å². The van der Waals surface area contributed by atoms with E-state index in [1.54, 1.807) is 74.5 Å². The van der Waals surface area contributed by atoms with Crippen LogP contribution in [-0.4, -0.2) is 63.0 Å². The highest BCUT2D eigenvalue weighted by Gasteiger charge is 2.29. The largest absolute Gasteiger partial charge is 0.507 e. The molecule has 0 atom stereocenters.